The van der Waals surface area contributed by atoms with Gasteiger partial charge >= 0.3 is 14.2 Å². The standard InChI is InChI=1S/C8H8O3.Cl2O2S/c9-8(10)6-11-7-4-2-1-3-5-7;1-5(2,3)4/h1-5H,6H2,(H,9,10);. The molecular formula is C8H8Cl2O5S. The molecule has 1 aromatic carbocycles. The first-order valence-electron chi connectivity index (χ1n) is 3.83. The zero-order valence-corrected chi connectivity index (χ0v) is 10.2. The first kappa shape index (κ1) is 15.0. The average Bonchev–Trinajstić information content (AvgIpc) is 2.14. The Kier molecular flexibility index (Phi) is 6.87. The molecule has 0 aliphatic carbocycles. The summed E-state index contributed by atoms with van der Waals surface area (Å²) >= 11 is 0. The number of para-hydroxylation sites is 1. The highest BCUT2D eigenvalue weighted by Crippen LogP contribution is 2.07. The highest BCUT2D eigenvalue weighted by atomic mass is 36.0. The van der Waals surface area contributed by atoms with Gasteiger partial charge in [-0.3, -0.25) is 0 Å². The van der Waals surface area contributed by atoms with Crippen LogP contribution in [0.2, 0.25) is 0 Å². The molecule has 16 heavy (non-hydrogen) atoms. The molecule has 0 unspecified atom stereocenters. The molecule has 1 rings (SSSR count). The third kappa shape index (κ3) is 13.0. The summed E-state index contributed by atoms with van der Waals surface area (Å²) in [6.45, 7) is -0.288. The van der Waals surface area contributed by atoms with Crippen molar-refractivity contribution < 1.29 is 23.1 Å². The number of ether oxygens (including phenoxy) is 1. The Balaban J connectivity index is 0.000000385. The van der Waals surface area contributed by atoms with E-state index in [1.165, 1.54) is 0 Å². The van der Waals surface area contributed by atoms with Crippen LogP contribution >= 0.6 is 21.4 Å². The number of hydrogen-bond acceptors (Lipinski definition) is 4. The predicted octanol–water partition coefficient (Wildman–Crippen LogP) is 1.86. The maximum absolute atomic E-state index is 10.0. The normalized spacial score (nSPS) is 9.88. The van der Waals surface area contributed by atoms with E-state index in [1.54, 1.807) is 24.3 Å². The van der Waals surface area contributed by atoms with Crippen LogP contribution in [-0.4, -0.2) is 26.1 Å². The molecule has 0 aliphatic rings. The topological polar surface area (TPSA) is 80.7 Å². The van der Waals surface area contributed by atoms with Crippen LogP contribution in [0.5, 0.6) is 5.75 Å². The molecule has 0 saturated heterocycles. The molecule has 0 atom stereocenters. The van der Waals surface area contributed by atoms with Crippen LogP contribution in [0.3, 0.4) is 0 Å². The fourth-order valence-corrected chi connectivity index (χ4v) is 0.662. The van der Waals surface area contributed by atoms with E-state index in [4.69, 9.17) is 18.3 Å². The van der Waals surface area contributed by atoms with E-state index in [-0.39, 0.29) is 6.61 Å². The van der Waals surface area contributed by atoms with Gasteiger partial charge in [-0.25, -0.2) is 4.79 Å². The fraction of sp³-hybridized carbons (Fsp3) is 0.125. The van der Waals surface area contributed by atoms with Gasteiger partial charge in [0.05, 0.1) is 0 Å². The summed E-state index contributed by atoms with van der Waals surface area (Å²) in [5, 5.41) is 8.25. The van der Waals surface area contributed by atoms with Gasteiger partial charge in [-0.1, -0.05) is 18.2 Å². The largest absolute Gasteiger partial charge is 0.482 e. The molecular weight excluding hydrogens is 279 g/mol. The van der Waals surface area contributed by atoms with Crippen molar-refractivity contribution in [2.75, 3.05) is 6.61 Å². The number of carbonyl (C=O) groups is 1. The Labute approximate surface area is 101 Å². The fourth-order valence-electron chi connectivity index (χ4n) is 0.662. The lowest BCUT2D eigenvalue weighted by Gasteiger charge is -2.00. The van der Waals surface area contributed by atoms with Gasteiger partial charge < -0.3 is 9.84 Å². The number of hydrogen-bond donors (Lipinski definition) is 1. The van der Waals surface area contributed by atoms with E-state index in [0.717, 1.165) is 0 Å². The molecule has 8 heteroatoms. The lowest BCUT2D eigenvalue weighted by Crippen LogP contribution is -2.09. The molecule has 0 bridgehead atoms. The minimum absolute atomic E-state index is 0.288. The SMILES string of the molecule is O=C(O)COc1ccccc1.O=S(=O)(Cl)Cl. The molecule has 0 heterocycles. The quantitative estimate of drug-likeness (QED) is 0.858. The number of carboxylic acids is 1. The first-order valence-corrected chi connectivity index (χ1v) is 6.96. The third-order valence-corrected chi connectivity index (χ3v) is 1.11. The van der Waals surface area contributed by atoms with E-state index in [9.17, 15) is 4.79 Å². The average molecular weight is 287 g/mol. The monoisotopic (exact) mass is 286 g/mol. The summed E-state index contributed by atoms with van der Waals surface area (Å²) in [5.74, 6) is -0.385. The van der Waals surface area contributed by atoms with E-state index in [0.29, 0.717) is 5.75 Å². The number of benzene rings is 1. The summed E-state index contributed by atoms with van der Waals surface area (Å²) in [6.07, 6.45) is 0. The van der Waals surface area contributed by atoms with Crippen molar-refractivity contribution in [3.05, 3.63) is 30.3 Å². The maximum atomic E-state index is 10.0. The minimum Gasteiger partial charge on any atom is -0.482 e. The van der Waals surface area contributed by atoms with E-state index < -0.39 is 14.2 Å². The number of rotatable bonds is 3. The molecule has 0 aliphatic heterocycles. The number of halogens is 2. The third-order valence-electron chi connectivity index (χ3n) is 1.11. The molecule has 0 spiro atoms. The molecule has 1 N–H and O–H groups in total. The van der Waals surface area contributed by atoms with Crippen molar-refractivity contribution in [3.8, 4) is 5.75 Å². The van der Waals surface area contributed by atoms with Gasteiger partial charge in [-0.2, -0.15) is 8.42 Å². The molecule has 90 valence electrons. The van der Waals surface area contributed by atoms with Crippen molar-refractivity contribution in [2.45, 2.75) is 0 Å². The van der Waals surface area contributed by atoms with Gasteiger partial charge in [0, 0.05) is 21.4 Å². The first-order chi connectivity index (χ1) is 7.29. The van der Waals surface area contributed by atoms with Gasteiger partial charge in [0.25, 0.3) is 0 Å². The van der Waals surface area contributed by atoms with Crippen molar-refractivity contribution >= 4 is 35.6 Å². The van der Waals surface area contributed by atoms with Crippen molar-refractivity contribution in [2.24, 2.45) is 0 Å². The Hall–Kier alpha value is -0.980. The zero-order valence-electron chi connectivity index (χ0n) is 7.84. The van der Waals surface area contributed by atoms with Crippen LogP contribution in [0.1, 0.15) is 0 Å². The van der Waals surface area contributed by atoms with E-state index >= 15 is 0 Å². The molecule has 0 aromatic heterocycles. The Morgan fingerprint density at radius 1 is 1.25 bits per heavy atom. The maximum Gasteiger partial charge on any atom is 0.341 e. The Morgan fingerprint density at radius 3 is 2.06 bits per heavy atom. The smallest absolute Gasteiger partial charge is 0.341 e. The Morgan fingerprint density at radius 2 is 1.69 bits per heavy atom. The lowest BCUT2D eigenvalue weighted by molar-refractivity contribution is -0.139. The second-order valence-electron chi connectivity index (χ2n) is 2.37. The van der Waals surface area contributed by atoms with Gasteiger partial charge in [-0.05, 0) is 12.1 Å². The van der Waals surface area contributed by atoms with Crippen molar-refractivity contribution in [1.82, 2.24) is 0 Å². The van der Waals surface area contributed by atoms with Gasteiger partial charge in [0.15, 0.2) is 6.61 Å². The summed E-state index contributed by atoms with van der Waals surface area (Å²) in [6, 6.07) is 8.84. The highest BCUT2D eigenvalue weighted by molar-refractivity contribution is 8.31. The highest BCUT2D eigenvalue weighted by Gasteiger charge is 1.96. The molecule has 1 aromatic rings. The number of carboxylic acid groups (broad SMARTS) is 1. The van der Waals surface area contributed by atoms with Crippen LogP contribution in [0.4, 0.5) is 0 Å². The van der Waals surface area contributed by atoms with Crippen molar-refractivity contribution in [1.29, 1.82) is 0 Å². The van der Waals surface area contributed by atoms with Crippen LogP contribution in [0.25, 0.3) is 0 Å². The van der Waals surface area contributed by atoms with E-state index in [2.05, 4.69) is 21.4 Å². The summed E-state index contributed by atoms with van der Waals surface area (Å²) in [7, 11) is 4.81. The Bertz CT molecular complexity index is 409. The van der Waals surface area contributed by atoms with Crippen molar-refractivity contribution in [3.63, 3.8) is 0 Å². The van der Waals surface area contributed by atoms with Crippen LogP contribution in [-0.2, 0) is 13.1 Å². The molecule has 0 radical (unpaired) electrons. The van der Waals surface area contributed by atoms with Crippen LogP contribution < -0.4 is 4.74 Å². The van der Waals surface area contributed by atoms with Gasteiger partial charge in [-0.15, -0.1) is 0 Å². The lowest BCUT2D eigenvalue weighted by atomic mass is 10.3. The predicted molar refractivity (Wildman–Crippen MR) is 60.2 cm³/mol. The second-order valence-corrected chi connectivity index (χ2v) is 6.04. The van der Waals surface area contributed by atoms with Crippen LogP contribution in [0, 0.1) is 0 Å². The molecule has 0 amide bonds. The second kappa shape index (κ2) is 7.32. The summed E-state index contributed by atoms with van der Waals surface area (Å²) in [5.41, 5.74) is 0. The van der Waals surface area contributed by atoms with Gasteiger partial charge in [0.1, 0.15) is 5.75 Å². The summed E-state index contributed by atoms with van der Waals surface area (Å²) in [4.78, 5) is 10.0. The molecule has 5 nitrogen and oxygen atoms in total. The molecule has 0 saturated carbocycles. The molecule has 0 fully saturated rings. The van der Waals surface area contributed by atoms with E-state index in [1.807, 2.05) is 6.07 Å². The number of aliphatic carboxylic acids is 1. The van der Waals surface area contributed by atoms with Crippen LogP contribution in [0.15, 0.2) is 30.3 Å². The minimum atomic E-state index is -3.72. The van der Waals surface area contributed by atoms with Gasteiger partial charge in [0.2, 0.25) is 0 Å². The summed E-state index contributed by atoms with van der Waals surface area (Å²) < 4.78 is 23.2. The zero-order chi connectivity index (χ0) is 12.6.